The maximum Gasteiger partial charge on any atom is 0.230 e. The Balaban J connectivity index is 2.34. The van der Waals surface area contributed by atoms with Gasteiger partial charge < -0.3 is 11.1 Å². The summed E-state index contributed by atoms with van der Waals surface area (Å²) in [6.07, 6.45) is 1.40. The van der Waals surface area contributed by atoms with Crippen molar-refractivity contribution in [1.29, 1.82) is 0 Å². The van der Waals surface area contributed by atoms with E-state index in [0.29, 0.717) is 17.2 Å². The summed E-state index contributed by atoms with van der Waals surface area (Å²) in [5.74, 6) is 0.435. The molecule has 5 heteroatoms. The van der Waals surface area contributed by atoms with Crippen molar-refractivity contribution in [3.05, 3.63) is 30.3 Å². The van der Waals surface area contributed by atoms with Gasteiger partial charge in [0.25, 0.3) is 0 Å². The number of nitrogens with two attached hydrogens (primary N) is 1. The number of thioether (sulfide) groups is 1. The fourth-order valence-corrected chi connectivity index (χ4v) is 2.41. The first kappa shape index (κ1) is 15.0. The Labute approximate surface area is 118 Å². The molecule has 1 unspecified atom stereocenters. The normalized spacial score (nSPS) is 11.8. The van der Waals surface area contributed by atoms with Crippen LogP contribution in [-0.2, 0) is 4.79 Å². The molecule has 0 bridgehead atoms. The number of carbonyl (C=O) groups is 1. The molecule has 1 rings (SSSR count). The Bertz CT molecular complexity index is 395. The molecule has 0 aliphatic carbocycles. The molecule has 0 aliphatic rings. The minimum atomic E-state index is 0.0203. The fourth-order valence-electron chi connectivity index (χ4n) is 1.48. The summed E-state index contributed by atoms with van der Waals surface area (Å²) in [6.45, 7) is 2.01. The number of carbonyl (C=O) groups excluding carboxylic acids is 1. The maximum atomic E-state index is 11.8. The molecule has 1 aromatic carbocycles. The Morgan fingerprint density at radius 1 is 1.44 bits per heavy atom. The van der Waals surface area contributed by atoms with Gasteiger partial charge in [0.15, 0.2) is 0 Å². The summed E-state index contributed by atoms with van der Waals surface area (Å²) >= 11 is 6.38. The van der Waals surface area contributed by atoms with E-state index in [1.165, 1.54) is 11.8 Å². The third-order valence-corrected chi connectivity index (χ3v) is 3.60. The number of amides is 1. The second-order valence-corrected chi connectivity index (χ2v) is 5.52. The van der Waals surface area contributed by atoms with E-state index >= 15 is 0 Å². The van der Waals surface area contributed by atoms with Crippen molar-refractivity contribution in [2.45, 2.75) is 30.7 Å². The number of nitrogens with one attached hydrogen (secondary N) is 1. The van der Waals surface area contributed by atoms with Crippen molar-refractivity contribution in [3.63, 3.8) is 0 Å². The van der Waals surface area contributed by atoms with Gasteiger partial charge in [-0.15, -0.1) is 11.8 Å². The van der Waals surface area contributed by atoms with E-state index in [9.17, 15) is 4.79 Å². The standard InChI is InChI=1S/C13H18N2OS2/c1-2-10(8-12(14)17)15-13(16)9-18-11-6-4-3-5-7-11/h3-7,10H,2,8-9H2,1H3,(H2,14,17)(H,15,16). The number of rotatable bonds is 7. The van der Waals surface area contributed by atoms with Crippen LogP contribution in [-0.4, -0.2) is 22.7 Å². The highest BCUT2D eigenvalue weighted by molar-refractivity contribution is 8.00. The van der Waals surface area contributed by atoms with Gasteiger partial charge in [0.05, 0.1) is 10.7 Å². The summed E-state index contributed by atoms with van der Waals surface area (Å²) in [7, 11) is 0. The zero-order chi connectivity index (χ0) is 13.4. The predicted octanol–water partition coefficient (Wildman–Crippen LogP) is 2.35. The monoisotopic (exact) mass is 282 g/mol. The van der Waals surface area contributed by atoms with E-state index in [1.54, 1.807) is 0 Å². The molecule has 3 nitrogen and oxygen atoms in total. The van der Waals surface area contributed by atoms with Crippen molar-refractivity contribution in [3.8, 4) is 0 Å². The Kier molecular flexibility index (Phi) is 6.75. The summed E-state index contributed by atoms with van der Waals surface area (Å²) in [5, 5.41) is 2.94. The van der Waals surface area contributed by atoms with Crippen LogP contribution in [0, 0.1) is 0 Å². The second kappa shape index (κ2) is 8.11. The van der Waals surface area contributed by atoms with Crippen molar-refractivity contribution in [1.82, 2.24) is 5.32 Å². The van der Waals surface area contributed by atoms with E-state index in [2.05, 4.69) is 5.32 Å². The Morgan fingerprint density at radius 2 is 2.11 bits per heavy atom. The predicted molar refractivity (Wildman–Crippen MR) is 80.8 cm³/mol. The third-order valence-electron chi connectivity index (χ3n) is 2.42. The molecule has 0 saturated carbocycles. The number of hydrogen-bond acceptors (Lipinski definition) is 3. The molecule has 0 fully saturated rings. The first-order chi connectivity index (χ1) is 8.61. The molecule has 3 N–H and O–H groups in total. The van der Waals surface area contributed by atoms with Crippen LogP contribution in [0.25, 0.3) is 0 Å². The van der Waals surface area contributed by atoms with Gasteiger partial charge in [-0.1, -0.05) is 37.3 Å². The molecule has 0 radical (unpaired) electrons. The minimum absolute atomic E-state index is 0.0203. The van der Waals surface area contributed by atoms with E-state index in [-0.39, 0.29) is 11.9 Å². The molecule has 0 heterocycles. The molecule has 1 amide bonds. The summed E-state index contributed by atoms with van der Waals surface area (Å²) in [6, 6.07) is 9.91. The first-order valence-corrected chi connectivity index (χ1v) is 7.26. The second-order valence-electron chi connectivity index (χ2n) is 3.94. The van der Waals surface area contributed by atoms with Crippen LogP contribution in [0.5, 0.6) is 0 Å². The summed E-state index contributed by atoms with van der Waals surface area (Å²) < 4.78 is 0. The molecular weight excluding hydrogens is 264 g/mol. The molecule has 0 aliphatic heterocycles. The van der Waals surface area contributed by atoms with Crippen molar-refractivity contribution in [2.75, 3.05) is 5.75 Å². The minimum Gasteiger partial charge on any atom is -0.393 e. The lowest BCUT2D eigenvalue weighted by Crippen LogP contribution is -2.38. The maximum absolute atomic E-state index is 11.8. The SMILES string of the molecule is CCC(CC(N)=S)NC(=O)CSc1ccccc1. The number of hydrogen-bond donors (Lipinski definition) is 2. The lowest BCUT2D eigenvalue weighted by atomic mass is 10.1. The van der Waals surface area contributed by atoms with Crippen LogP contribution in [0.4, 0.5) is 0 Å². The Hall–Kier alpha value is -1.07. The van der Waals surface area contributed by atoms with Gasteiger partial charge in [-0.3, -0.25) is 4.79 Å². The lowest BCUT2D eigenvalue weighted by molar-refractivity contribution is -0.119. The van der Waals surface area contributed by atoms with Crippen molar-refractivity contribution >= 4 is 34.9 Å². The fraction of sp³-hybridized carbons (Fsp3) is 0.385. The average molecular weight is 282 g/mol. The highest BCUT2D eigenvalue weighted by Gasteiger charge is 2.11. The van der Waals surface area contributed by atoms with Crippen LogP contribution < -0.4 is 11.1 Å². The van der Waals surface area contributed by atoms with Gasteiger partial charge in [0.1, 0.15) is 0 Å². The van der Waals surface area contributed by atoms with E-state index < -0.39 is 0 Å². The third kappa shape index (κ3) is 6.02. The van der Waals surface area contributed by atoms with Gasteiger partial charge in [-0.25, -0.2) is 0 Å². The Morgan fingerprint density at radius 3 is 2.67 bits per heavy atom. The molecule has 1 atom stereocenters. The number of thiocarbonyl (C=S) groups is 1. The molecule has 0 spiro atoms. The molecule has 18 heavy (non-hydrogen) atoms. The van der Waals surface area contributed by atoms with Crippen LogP contribution in [0.1, 0.15) is 19.8 Å². The van der Waals surface area contributed by atoms with Crippen LogP contribution in [0.3, 0.4) is 0 Å². The van der Waals surface area contributed by atoms with Crippen LogP contribution in [0.15, 0.2) is 35.2 Å². The van der Waals surface area contributed by atoms with Crippen molar-refractivity contribution in [2.24, 2.45) is 5.73 Å². The molecular formula is C13H18N2OS2. The largest absolute Gasteiger partial charge is 0.393 e. The van der Waals surface area contributed by atoms with E-state index in [0.717, 1.165) is 11.3 Å². The average Bonchev–Trinajstić information content (AvgIpc) is 2.36. The molecule has 1 aromatic rings. The summed E-state index contributed by atoms with van der Waals surface area (Å²) in [5.41, 5.74) is 5.48. The molecule has 0 saturated heterocycles. The topological polar surface area (TPSA) is 55.1 Å². The zero-order valence-corrected chi connectivity index (χ0v) is 12.0. The highest BCUT2D eigenvalue weighted by Crippen LogP contribution is 2.16. The van der Waals surface area contributed by atoms with Crippen LogP contribution >= 0.6 is 24.0 Å². The van der Waals surface area contributed by atoms with E-state index in [4.69, 9.17) is 18.0 Å². The van der Waals surface area contributed by atoms with Crippen LogP contribution in [0.2, 0.25) is 0 Å². The van der Waals surface area contributed by atoms with Crippen molar-refractivity contribution < 1.29 is 4.79 Å². The van der Waals surface area contributed by atoms with Gasteiger partial charge >= 0.3 is 0 Å². The van der Waals surface area contributed by atoms with Gasteiger partial charge in [0, 0.05) is 17.4 Å². The number of benzene rings is 1. The van der Waals surface area contributed by atoms with E-state index in [1.807, 2.05) is 37.3 Å². The summed E-state index contributed by atoms with van der Waals surface area (Å²) in [4.78, 5) is 13.3. The first-order valence-electron chi connectivity index (χ1n) is 5.87. The zero-order valence-electron chi connectivity index (χ0n) is 10.4. The quantitative estimate of drug-likeness (QED) is 0.595. The highest BCUT2D eigenvalue weighted by atomic mass is 32.2. The van der Waals surface area contributed by atoms with Gasteiger partial charge in [-0.2, -0.15) is 0 Å². The molecule has 98 valence electrons. The smallest absolute Gasteiger partial charge is 0.230 e. The lowest BCUT2D eigenvalue weighted by Gasteiger charge is -2.15. The van der Waals surface area contributed by atoms with Gasteiger partial charge in [-0.05, 0) is 18.6 Å². The molecule has 0 aromatic heterocycles. The van der Waals surface area contributed by atoms with Gasteiger partial charge in [0.2, 0.25) is 5.91 Å².